The first kappa shape index (κ1) is 14.6. The zero-order valence-electron chi connectivity index (χ0n) is 12.8. The third kappa shape index (κ3) is 3.11. The molecule has 1 saturated heterocycles. The molecule has 0 atom stereocenters. The van der Waals surface area contributed by atoms with Crippen LogP contribution in [0.1, 0.15) is 12.6 Å². The molecule has 0 amide bonds. The van der Waals surface area contributed by atoms with E-state index in [4.69, 9.17) is 9.47 Å². The van der Waals surface area contributed by atoms with Crippen molar-refractivity contribution in [2.75, 3.05) is 43.1 Å². The molecule has 3 rings (SSSR count). The van der Waals surface area contributed by atoms with Crippen molar-refractivity contribution in [3.63, 3.8) is 0 Å². The highest BCUT2D eigenvalue weighted by molar-refractivity contribution is 5.68. The lowest BCUT2D eigenvalue weighted by atomic mass is 10.3. The molecule has 0 unspecified atom stereocenters. The standard InChI is InChI=1S/C14H20N6O2/c1-3-22-12-13(17-11-8-10(2)18-19-11)15-9-16-14(12)20-4-6-21-7-5-20/h8-9H,3-7H2,1-2H3,(H2,15,16,17,18,19). The molecule has 1 fully saturated rings. The predicted molar refractivity (Wildman–Crippen MR) is 82.8 cm³/mol. The summed E-state index contributed by atoms with van der Waals surface area (Å²) in [5.41, 5.74) is 0.975. The first-order valence-electron chi connectivity index (χ1n) is 7.37. The van der Waals surface area contributed by atoms with E-state index >= 15 is 0 Å². The van der Waals surface area contributed by atoms with Crippen LogP contribution in [0, 0.1) is 6.92 Å². The molecule has 1 aliphatic heterocycles. The fraction of sp³-hybridized carbons (Fsp3) is 0.500. The van der Waals surface area contributed by atoms with Crippen molar-refractivity contribution in [3.8, 4) is 5.75 Å². The van der Waals surface area contributed by atoms with Crippen LogP contribution in [0.4, 0.5) is 17.5 Å². The molecule has 22 heavy (non-hydrogen) atoms. The Morgan fingerprint density at radius 2 is 2.18 bits per heavy atom. The van der Waals surface area contributed by atoms with E-state index in [1.165, 1.54) is 6.33 Å². The number of hydrogen-bond donors (Lipinski definition) is 2. The molecule has 118 valence electrons. The number of aromatic nitrogens is 4. The topological polar surface area (TPSA) is 88.2 Å². The number of ether oxygens (including phenoxy) is 2. The minimum absolute atomic E-state index is 0.541. The molecule has 3 heterocycles. The Kier molecular flexibility index (Phi) is 4.38. The summed E-state index contributed by atoms with van der Waals surface area (Å²) in [6, 6.07) is 1.91. The molecule has 2 N–H and O–H groups in total. The van der Waals surface area contributed by atoms with Gasteiger partial charge < -0.3 is 19.7 Å². The zero-order chi connectivity index (χ0) is 15.4. The maximum atomic E-state index is 5.79. The number of morpholine rings is 1. The summed E-state index contributed by atoms with van der Waals surface area (Å²) in [6.45, 7) is 7.39. The Bertz CT molecular complexity index is 624. The van der Waals surface area contributed by atoms with Crippen molar-refractivity contribution in [2.45, 2.75) is 13.8 Å². The van der Waals surface area contributed by atoms with Crippen LogP contribution in [0.2, 0.25) is 0 Å². The highest BCUT2D eigenvalue weighted by atomic mass is 16.5. The van der Waals surface area contributed by atoms with E-state index in [1.54, 1.807) is 0 Å². The summed E-state index contributed by atoms with van der Waals surface area (Å²) >= 11 is 0. The second kappa shape index (κ2) is 6.61. The van der Waals surface area contributed by atoms with Gasteiger partial charge in [-0.05, 0) is 13.8 Å². The van der Waals surface area contributed by atoms with Gasteiger partial charge in [-0.25, -0.2) is 9.97 Å². The summed E-state index contributed by atoms with van der Waals surface area (Å²) in [6.07, 6.45) is 1.54. The number of nitrogens with one attached hydrogen (secondary N) is 2. The molecule has 1 aliphatic rings. The molecular weight excluding hydrogens is 284 g/mol. The summed E-state index contributed by atoms with van der Waals surface area (Å²) in [4.78, 5) is 10.8. The summed E-state index contributed by atoms with van der Waals surface area (Å²) in [5, 5.41) is 10.2. The van der Waals surface area contributed by atoms with Gasteiger partial charge in [0, 0.05) is 24.8 Å². The molecule has 8 nitrogen and oxygen atoms in total. The number of nitrogens with zero attached hydrogens (tertiary/aromatic N) is 4. The fourth-order valence-corrected chi connectivity index (χ4v) is 2.33. The van der Waals surface area contributed by atoms with E-state index in [9.17, 15) is 0 Å². The number of rotatable bonds is 5. The minimum atomic E-state index is 0.541. The van der Waals surface area contributed by atoms with Gasteiger partial charge in [0.15, 0.2) is 17.5 Å². The van der Waals surface area contributed by atoms with Crippen LogP contribution in [0.3, 0.4) is 0 Å². The van der Waals surface area contributed by atoms with E-state index < -0.39 is 0 Å². The van der Waals surface area contributed by atoms with Crippen LogP contribution in [0.25, 0.3) is 0 Å². The van der Waals surface area contributed by atoms with E-state index in [-0.39, 0.29) is 0 Å². The second-order valence-corrected chi connectivity index (χ2v) is 4.97. The smallest absolute Gasteiger partial charge is 0.204 e. The van der Waals surface area contributed by atoms with Crippen molar-refractivity contribution in [2.24, 2.45) is 0 Å². The lowest BCUT2D eigenvalue weighted by Gasteiger charge is -2.29. The zero-order valence-corrected chi connectivity index (χ0v) is 12.8. The quantitative estimate of drug-likeness (QED) is 0.865. The third-order valence-electron chi connectivity index (χ3n) is 3.34. The first-order valence-corrected chi connectivity index (χ1v) is 7.37. The highest BCUT2D eigenvalue weighted by Gasteiger charge is 2.21. The number of hydrogen-bond acceptors (Lipinski definition) is 7. The van der Waals surface area contributed by atoms with Crippen LogP contribution in [-0.4, -0.2) is 53.1 Å². The number of aryl methyl sites for hydroxylation is 1. The molecule has 0 spiro atoms. The average Bonchev–Trinajstić information content (AvgIpc) is 2.95. The lowest BCUT2D eigenvalue weighted by Crippen LogP contribution is -2.37. The minimum Gasteiger partial charge on any atom is -0.487 e. The van der Waals surface area contributed by atoms with Crippen LogP contribution in [0.15, 0.2) is 12.4 Å². The van der Waals surface area contributed by atoms with Gasteiger partial charge in [-0.2, -0.15) is 5.10 Å². The SMILES string of the molecule is CCOc1c(Nc2cc(C)[nH]n2)ncnc1N1CCOCC1. The lowest BCUT2D eigenvalue weighted by molar-refractivity contribution is 0.122. The van der Waals surface area contributed by atoms with Crippen LogP contribution < -0.4 is 15.0 Å². The van der Waals surface area contributed by atoms with Crippen molar-refractivity contribution >= 4 is 17.5 Å². The number of H-pyrrole nitrogens is 1. The van der Waals surface area contributed by atoms with Gasteiger partial charge in [0.2, 0.25) is 5.75 Å². The maximum Gasteiger partial charge on any atom is 0.204 e. The highest BCUT2D eigenvalue weighted by Crippen LogP contribution is 2.34. The summed E-state index contributed by atoms with van der Waals surface area (Å²) in [5.74, 6) is 2.75. The first-order chi connectivity index (χ1) is 10.8. The molecule has 0 aromatic carbocycles. The van der Waals surface area contributed by atoms with Crippen LogP contribution in [0.5, 0.6) is 5.75 Å². The van der Waals surface area contributed by atoms with Crippen molar-refractivity contribution in [1.82, 2.24) is 20.2 Å². The molecule has 0 bridgehead atoms. The van der Waals surface area contributed by atoms with Gasteiger partial charge in [0.05, 0.1) is 19.8 Å². The van der Waals surface area contributed by atoms with Gasteiger partial charge >= 0.3 is 0 Å². The van der Waals surface area contributed by atoms with Gasteiger partial charge in [-0.1, -0.05) is 0 Å². The van der Waals surface area contributed by atoms with Crippen molar-refractivity contribution in [1.29, 1.82) is 0 Å². The largest absolute Gasteiger partial charge is 0.487 e. The van der Waals surface area contributed by atoms with Crippen LogP contribution >= 0.6 is 0 Å². The van der Waals surface area contributed by atoms with Gasteiger partial charge in [-0.15, -0.1) is 0 Å². The second-order valence-electron chi connectivity index (χ2n) is 4.97. The number of aromatic amines is 1. The Morgan fingerprint density at radius 1 is 1.36 bits per heavy atom. The van der Waals surface area contributed by atoms with Gasteiger partial charge in [0.1, 0.15) is 6.33 Å². The molecule has 0 radical (unpaired) electrons. The van der Waals surface area contributed by atoms with Crippen LogP contribution in [-0.2, 0) is 4.74 Å². The Balaban J connectivity index is 1.91. The predicted octanol–water partition coefficient (Wildman–Crippen LogP) is 1.49. The number of anilines is 3. The summed E-state index contributed by atoms with van der Waals surface area (Å²) in [7, 11) is 0. The molecule has 0 aliphatic carbocycles. The Morgan fingerprint density at radius 3 is 2.86 bits per heavy atom. The fourth-order valence-electron chi connectivity index (χ4n) is 2.33. The van der Waals surface area contributed by atoms with Crippen molar-refractivity contribution in [3.05, 3.63) is 18.1 Å². The van der Waals surface area contributed by atoms with E-state index in [0.717, 1.165) is 24.6 Å². The van der Waals surface area contributed by atoms with Gasteiger partial charge in [-0.3, -0.25) is 5.10 Å². The average molecular weight is 304 g/mol. The normalized spacial score (nSPS) is 14.9. The third-order valence-corrected chi connectivity index (χ3v) is 3.34. The monoisotopic (exact) mass is 304 g/mol. The summed E-state index contributed by atoms with van der Waals surface area (Å²) < 4.78 is 11.2. The van der Waals surface area contributed by atoms with E-state index in [0.29, 0.717) is 37.2 Å². The molecule has 2 aromatic rings. The maximum absolute atomic E-state index is 5.79. The van der Waals surface area contributed by atoms with Crippen molar-refractivity contribution < 1.29 is 9.47 Å². The Hall–Kier alpha value is -2.35. The van der Waals surface area contributed by atoms with E-state index in [1.807, 2.05) is 19.9 Å². The molecule has 2 aromatic heterocycles. The molecular formula is C14H20N6O2. The Labute approximate surface area is 128 Å². The molecule has 0 saturated carbocycles. The van der Waals surface area contributed by atoms with Gasteiger partial charge in [0.25, 0.3) is 0 Å². The molecule has 8 heteroatoms. The van der Waals surface area contributed by atoms with E-state index in [2.05, 4.69) is 30.4 Å².